The van der Waals surface area contributed by atoms with Gasteiger partial charge in [-0.15, -0.1) is 0 Å². The maximum Gasteiger partial charge on any atom is 0.123 e. The Morgan fingerprint density at radius 2 is 2.13 bits per heavy atom. The second-order valence-electron chi connectivity index (χ2n) is 3.65. The summed E-state index contributed by atoms with van der Waals surface area (Å²) < 4.78 is 5.57. The minimum absolute atomic E-state index is 0.453. The van der Waals surface area contributed by atoms with Gasteiger partial charge in [0, 0.05) is 6.42 Å². The van der Waals surface area contributed by atoms with E-state index in [9.17, 15) is 4.79 Å². The average Bonchev–Trinajstić information content (AvgIpc) is 2.29. The molecule has 0 N–H and O–H groups in total. The first-order valence-corrected chi connectivity index (χ1v) is 5.45. The molecule has 0 bridgehead atoms. The molecule has 0 aliphatic rings. The van der Waals surface area contributed by atoms with E-state index in [1.807, 2.05) is 18.2 Å². The largest absolute Gasteiger partial charge is 0.493 e. The third-order valence-corrected chi connectivity index (χ3v) is 2.56. The molecule has 0 spiro atoms. The molecule has 0 aliphatic carbocycles. The predicted octanol–water partition coefficient (Wildman–Crippen LogP) is 3.17. The van der Waals surface area contributed by atoms with Crippen molar-refractivity contribution in [2.24, 2.45) is 0 Å². The molecule has 0 saturated carbocycles. The highest BCUT2D eigenvalue weighted by Crippen LogP contribution is 2.28. The van der Waals surface area contributed by atoms with E-state index >= 15 is 0 Å². The third kappa shape index (κ3) is 3.39. The van der Waals surface area contributed by atoms with Gasteiger partial charge in [-0.05, 0) is 24.0 Å². The second-order valence-corrected chi connectivity index (χ2v) is 3.65. The highest BCUT2D eigenvalue weighted by atomic mass is 16.5. The van der Waals surface area contributed by atoms with Gasteiger partial charge in [0.05, 0.1) is 6.61 Å². The van der Waals surface area contributed by atoms with Gasteiger partial charge >= 0.3 is 0 Å². The van der Waals surface area contributed by atoms with Crippen LogP contribution in [0.25, 0.3) is 0 Å². The van der Waals surface area contributed by atoms with Crippen molar-refractivity contribution in [3.63, 3.8) is 0 Å². The molecule has 1 aromatic carbocycles. The molecule has 1 unspecified atom stereocenters. The summed E-state index contributed by atoms with van der Waals surface area (Å²) in [6.07, 6.45) is 2.43. The van der Waals surface area contributed by atoms with Gasteiger partial charge in [0.1, 0.15) is 12.0 Å². The third-order valence-electron chi connectivity index (χ3n) is 2.56. The fraction of sp³-hybridized carbons (Fsp3) is 0.462. The fourth-order valence-corrected chi connectivity index (χ4v) is 1.46. The van der Waals surface area contributed by atoms with Crippen LogP contribution in [0.15, 0.2) is 24.3 Å². The lowest BCUT2D eigenvalue weighted by atomic mass is 9.98. The zero-order chi connectivity index (χ0) is 11.1. The summed E-state index contributed by atoms with van der Waals surface area (Å²) in [6.45, 7) is 4.81. The first kappa shape index (κ1) is 11.8. The average molecular weight is 206 g/mol. The molecule has 2 nitrogen and oxygen atoms in total. The number of para-hydroxylation sites is 1. The molecule has 0 fully saturated rings. The van der Waals surface area contributed by atoms with Gasteiger partial charge < -0.3 is 9.53 Å². The topological polar surface area (TPSA) is 26.3 Å². The number of hydrogen-bond donors (Lipinski definition) is 0. The summed E-state index contributed by atoms with van der Waals surface area (Å²) in [5.74, 6) is 1.41. The van der Waals surface area contributed by atoms with Crippen molar-refractivity contribution in [2.45, 2.75) is 32.6 Å². The van der Waals surface area contributed by atoms with Gasteiger partial charge in [0.25, 0.3) is 0 Å². The van der Waals surface area contributed by atoms with Crippen LogP contribution in [0.1, 0.15) is 38.2 Å². The number of aldehydes is 1. The molecule has 0 aromatic heterocycles. The van der Waals surface area contributed by atoms with Crippen molar-refractivity contribution in [3.05, 3.63) is 29.8 Å². The maximum atomic E-state index is 10.2. The lowest BCUT2D eigenvalue weighted by Crippen LogP contribution is -2.02. The van der Waals surface area contributed by atoms with E-state index < -0.39 is 0 Å². The van der Waals surface area contributed by atoms with Gasteiger partial charge in [-0.3, -0.25) is 0 Å². The summed E-state index contributed by atoms with van der Waals surface area (Å²) in [7, 11) is 0. The Hall–Kier alpha value is -1.31. The van der Waals surface area contributed by atoms with Gasteiger partial charge in [0.15, 0.2) is 0 Å². The van der Waals surface area contributed by atoms with Crippen LogP contribution in [-0.2, 0) is 4.79 Å². The van der Waals surface area contributed by atoms with Crippen molar-refractivity contribution < 1.29 is 9.53 Å². The van der Waals surface area contributed by atoms with Crippen LogP contribution in [0.3, 0.4) is 0 Å². The van der Waals surface area contributed by atoms with E-state index in [1.54, 1.807) is 0 Å². The summed E-state index contributed by atoms with van der Waals surface area (Å²) in [4.78, 5) is 10.2. The molecule has 0 aliphatic heterocycles. The highest BCUT2D eigenvalue weighted by Gasteiger charge is 2.08. The Bertz CT molecular complexity index is 307. The molecule has 0 radical (unpaired) electrons. The molecule has 1 aromatic rings. The first-order chi connectivity index (χ1) is 7.29. The zero-order valence-electron chi connectivity index (χ0n) is 9.40. The summed E-state index contributed by atoms with van der Waals surface area (Å²) in [6, 6.07) is 8.03. The molecule has 1 rings (SSSR count). The van der Waals surface area contributed by atoms with E-state index in [0.717, 1.165) is 18.5 Å². The van der Waals surface area contributed by atoms with Gasteiger partial charge in [-0.2, -0.15) is 0 Å². The second kappa shape index (κ2) is 6.23. The van der Waals surface area contributed by atoms with Crippen molar-refractivity contribution in [2.75, 3.05) is 6.61 Å². The summed E-state index contributed by atoms with van der Waals surface area (Å²) in [5.41, 5.74) is 1.23. The molecular formula is C13H18O2. The monoisotopic (exact) mass is 206 g/mol. The normalized spacial score (nSPS) is 12.1. The molecule has 82 valence electrons. The highest BCUT2D eigenvalue weighted by molar-refractivity contribution is 5.49. The minimum atomic E-state index is 0.453. The van der Waals surface area contributed by atoms with Crippen LogP contribution in [0.4, 0.5) is 0 Å². The quantitative estimate of drug-likeness (QED) is 0.528. The number of carbonyl (C=O) groups is 1. The standard InChI is InChI=1S/C13H18O2/c1-3-11(2)12-7-4-5-8-13(12)15-10-6-9-14/h4-5,7-9,11H,3,6,10H2,1-2H3. The van der Waals surface area contributed by atoms with Crippen LogP contribution in [-0.4, -0.2) is 12.9 Å². The number of hydrogen-bond acceptors (Lipinski definition) is 2. The SMILES string of the molecule is CCC(C)c1ccccc1OCCC=O. The van der Waals surface area contributed by atoms with E-state index in [2.05, 4.69) is 19.9 Å². The molecular weight excluding hydrogens is 188 g/mol. The van der Waals surface area contributed by atoms with Gasteiger partial charge in [-0.25, -0.2) is 0 Å². The fourth-order valence-electron chi connectivity index (χ4n) is 1.46. The lowest BCUT2D eigenvalue weighted by molar-refractivity contribution is -0.108. The Labute approximate surface area is 91.3 Å². The van der Waals surface area contributed by atoms with Crippen molar-refractivity contribution >= 4 is 6.29 Å². The van der Waals surface area contributed by atoms with Crippen LogP contribution in [0.5, 0.6) is 5.75 Å². The summed E-state index contributed by atoms with van der Waals surface area (Å²) >= 11 is 0. The first-order valence-electron chi connectivity index (χ1n) is 5.45. The minimum Gasteiger partial charge on any atom is -0.493 e. The van der Waals surface area contributed by atoms with Crippen molar-refractivity contribution in [3.8, 4) is 5.75 Å². The predicted molar refractivity (Wildman–Crippen MR) is 61.3 cm³/mol. The Morgan fingerprint density at radius 1 is 1.40 bits per heavy atom. The van der Waals surface area contributed by atoms with Crippen molar-refractivity contribution in [1.82, 2.24) is 0 Å². The Kier molecular flexibility index (Phi) is 4.88. The Morgan fingerprint density at radius 3 is 2.80 bits per heavy atom. The smallest absolute Gasteiger partial charge is 0.123 e. The van der Waals surface area contributed by atoms with Crippen LogP contribution in [0.2, 0.25) is 0 Å². The zero-order valence-corrected chi connectivity index (χ0v) is 9.40. The number of benzene rings is 1. The van der Waals surface area contributed by atoms with E-state index in [-0.39, 0.29) is 0 Å². The van der Waals surface area contributed by atoms with Crippen LogP contribution in [0, 0.1) is 0 Å². The number of ether oxygens (including phenoxy) is 1. The van der Waals surface area contributed by atoms with Crippen LogP contribution < -0.4 is 4.74 Å². The van der Waals surface area contributed by atoms with Gasteiger partial charge in [0.2, 0.25) is 0 Å². The van der Waals surface area contributed by atoms with Crippen LogP contribution >= 0.6 is 0 Å². The van der Waals surface area contributed by atoms with E-state index in [1.165, 1.54) is 5.56 Å². The number of carbonyl (C=O) groups excluding carboxylic acids is 1. The molecule has 15 heavy (non-hydrogen) atoms. The van der Waals surface area contributed by atoms with Gasteiger partial charge in [-0.1, -0.05) is 32.0 Å². The Balaban J connectivity index is 2.72. The molecule has 0 heterocycles. The van der Waals surface area contributed by atoms with E-state index in [0.29, 0.717) is 18.9 Å². The molecule has 0 saturated heterocycles. The molecule has 2 heteroatoms. The molecule has 0 amide bonds. The van der Waals surface area contributed by atoms with E-state index in [4.69, 9.17) is 4.74 Å². The van der Waals surface area contributed by atoms with Crippen molar-refractivity contribution in [1.29, 1.82) is 0 Å². The lowest BCUT2D eigenvalue weighted by Gasteiger charge is -2.14. The molecule has 1 atom stereocenters. The number of rotatable bonds is 6. The summed E-state index contributed by atoms with van der Waals surface area (Å²) in [5, 5.41) is 0. The maximum absolute atomic E-state index is 10.2.